The van der Waals surface area contributed by atoms with Gasteiger partial charge < -0.3 is 9.84 Å². The number of benzene rings is 2. The lowest BCUT2D eigenvalue weighted by Gasteiger charge is -2.13. The minimum atomic E-state index is -0.789. The van der Waals surface area contributed by atoms with Gasteiger partial charge in [-0.05, 0) is 53.6 Å². The van der Waals surface area contributed by atoms with E-state index in [-0.39, 0.29) is 12.5 Å². The number of ether oxygens (including phenoxy) is 1. The van der Waals surface area contributed by atoms with Gasteiger partial charge in [0, 0.05) is 5.02 Å². The highest BCUT2D eigenvalue weighted by molar-refractivity contribution is 8.15. The molecule has 1 saturated heterocycles. The second-order valence-electron chi connectivity index (χ2n) is 5.81. The number of hydrogen-bond donors (Lipinski definition) is 2. The van der Waals surface area contributed by atoms with Gasteiger partial charge in [-0.25, -0.2) is 10.9 Å². The third kappa shape index (κ3) is 4.37. The quantitative estimate of drug-likeness (QED) is 0.580. The Morgan fingerprint density at radius 1 is 1.23 bits per heavy atom. The third-order valence-electron chi connectivity index (χ3n) is 3.94. The smallest absolute Gasteiger partial charge is 0.303 e. The van der Waals surface area contributed by atoms with Gasteiger partial charge in [0.25, 0.3) is 5.91 Å². The molecule has 1 aliphatic heterocycles. The average molecular weight is 393 g/mol. The Balaban J connectivity index is 1.55. The number of amides is 2. The van der Waals surface area contributed by atoms with E-state index in [0.29, 0.717) is 27.8 Å². The highest BCUT2D eigenvalue weighted by Crippen LogP contribution is 2.28. The van der Waals surface area contributed by atoms with E-state index in [2.05, 4.69) is 0 Å². The molecular formula is C18H17ClN2O4S. The summed E-state index contributed by atoms with van der Waals surface area (Å²) in [4.78, 5) is 23.2. The highest BCUT2D eigenvalue weighted by atomic mass is 35.5. The fourth-order valence-electron chi connectivity index (χ4n) is 2.52. The fraction of sp³-hybridized carbons (Fsp3) is 0.222. The molecule has 2 aromatic carbocycles. The molecule has 26 heavy (non-hydrogen) atoms. The summed E-state index contributed by atoms with van der Waals surface area (Å²) in [7, 11) is 0. The van der Waals surface area contributed by atoms with E-state index in [9.17, 15) is 14.7 Å². The molecule has 0 bridgehead atoms. The Hall–Kier alpha value is -2.06. The summed E-state index contributed by atoms with van der Waals surface area (Å²) < 4.78 is 5.59. The van der Waals surface area contributed by atoms with E-state index in [1.165, 1.54) is 0 Å². The van der Waals surface area contributed by atoms with E-state index in [4.69, 9.17) is 22.2 Å². The predicted octanol–water partition coefficient (Wildman–Crippen LogP) is 2.93. The molecule has 2 amide bonds. The Morgan fingerprint density at radius 3 is 2.58 bits per heavy atom. The molecule has 1 heterocycles. The Bertz CT molecular complexity index is 815. The van der Waals surface area contributed by atoms with Gasteiger partial charge in [-0.2, -0.15) is 0 Å². The minimum absolute atomic E-state index is 0.0906. The summed E-state index contributed by atoms with van der Waals surface area (Å²) >= 11 is 6.84. The summed E-state index contributed by atoms with van der Waals surface area (Å²) in [5, 5.41) is 10.4. The average Bonchev–Trinajstić information content (AvgIpc) is 2.87. The molecule has 3 N–H and O–H groups in total. The van der Waals surface area contributed by atoms with Crippen LogP contribution in [0, 0.1) is 0 Å². The monoisotopic (exact) mass is 392 g/mol. The normalized spacial score (nSPS) is 18.3. The fourth-order valence-corrected chi connectivity index (χ4v) is 3.66. The van der Waals surface area contributed by atoms with Crippen LogP contribution in [-0.4, -0.2) is 33.1 Å². The Labute approximate surface area is 159 Å². The van der Waals surface area contributed by atoms with Crippen LogP contribution in [-0.2, 0) is 11.2 Å². The van der Waals surface area contributed by atoms with Gasteiger partial charge in [0.05, 0.1) is 5.25 Å². The van der Waals surface area contributed by atoms with Crippen molar-refractivity contribution in [2.24, 2.45) is 5.84 Å². The number of aliphatic hydroxyl groups excluding tert-OH is 1. The van der Waals surface area contributed by atoms with Crippen LogP contribution in [0.5, 0.6) is 5.75 Å². The van der Waals surface area contributed by atoms with Crippen LogP contribution in [0.25, 0.3) is 0 Å². The summed E-state index contributed by atoms with van der Waals surface area (Å²) in [6, 6.07) is 14.1. The number of halogens is 1. The molecule has 1 fully saturated rings. The second-order valence-corrected chi connectivity index (χ2v) is 7.40. The van der Waals surface area contributed by atoms with Crippen molar-refractivity contribution in [1.29, 1.82) is 0 Å². The predicted molar refractivity (Wildman–Crippen MR) is 99.9 cm³/mol. The van der Waals surface area contributed by atoms with Crippen molar-refractivity contribution in [3.05, 3.63) is 64.7 Å². The van der Waals surface area contributed by atoms with Gasteiger partial charge in [0.2, 0.25) is 0 Å². The van der Waals surface area contributed by atoms with Crippen LogP contribution < -0.4 is 10.6 Å². The number of hydrogen-bond acceptors (Lipinski definition) is 6. The zero-order chi connectivity index (χ0) is 18.7. The van der Waals surface area contributed by atoms with Crippen molar-refractivity contribution in [3.63, 3.8) is 0 Å². The highest BCUT2D eigenvalue weighted by Gasteiger charge is 2.37. The summed E-state index contributed by atoms with van der Waals surface area (Å²) in [5.74, 6) is 5.59. The number of carbonyl (C=O) groups is 2. The molecule has 8 heteroatoms. The van der Waals surface area contributed by atoms with Crippen molar-refractivity contribution in [2.75, 3.05) is 6.61 Å². The number of hydrazine groups is 1. The van der Waals surface area contributed by atoms with Crippen LogP contribution in [0.15, 0.2) is 48.5 Å². The SMILES string of the molecule is NN1C(=O)SC(Cc2ccc(OC[C@@H](O)c3cccc(Cl)c3)cc2)C1=O. The van der Waals surface area contributed by atoms with Gasteiger partial charge >= 0.3 is 5.24 Å². The molecule has 0 aromatic heterocycles. The summed E-state index contributed by atoms with van der Waals surface area (Å²) in [6.07, 6.45) is -0.378. The second kappa shape index (κ2) is 8.09. The molecule has 6 nitrogen and oxygen atoms in total. The van der Waals surface area contributed by atoms with E-state index in [0.717, 1.165) is 17.3 Å². The van der Waals surface area contributed by atoms with E-state index >= 15 is 0 Å². The maximum atomic E-state index is 11.8. The molecule has 0 aliphatic carbocycles. The molecular weight excluding hydrogens is 376 g/mol. The molecule has 2 aromatic rings. The lowest BCUT2D eigenvalue weighted by molar-refractivity contribution is -0.126. The number of nitrogens with two attached hydrogens (primary N) is 1. The summed E-state index contributed by atoms with van der Waals surface area (Å²) in [5.41, 5.74) is 1.57. The Kier molecular flexibility index (Phi) is 5.83. The number of nitrogens with zero attached hydrogens (tertiary/aromatic N) is 1. The summed E-state index contributed by atoms with van der Waals surface area (Å²) in [6.45, 7) is 0.0906. The first kappa shape index (κ1) is 18.7. The zero-order valence-corrected chi connectivity index (χ0v) is 15.2. The molecule has 1 aliphatic rings. The van der Waals surface area contributed by atoms with Gasteiger partial charge in [-0.1, -0.05) is 35.9 Å². The Morgan fingerprint density at radius 2 is 1.96 bits per heavy atom. The largest absolute Gasteiger partial charge is 0.491 e. The number of aliphatic hydroxyl groups is 1. The van der Waals surface area contributed by atoms with Crippen LogP contribution in [0.1, 0.15) is 17.2 Å². The first-order valence-corrected chi connectivity index (χ1v) is 9.14. The van der Waals surface area contributed by atoms with Crippen LogP contribution in [0.2, 0.25) is 5.02 Å². The van der Waals surface area contributed by atoms with Gasteiger partial charge in [0.15, 0.2) is 0 Å². The first-order valence-electron chi connectivity index (χ1n) is 7.88. The number of imide groups is 1. The number of carbonyl (C=O) groups excluding carboxylic acids is 2. The van der Waals surface area contributed by atoms with Gasteiger partial charge in [-0.15, -0.1) is 0 Å². The van der Waals surface area contributed by atoms with Crippen molar-refractivity contribution in [2.45, 2.75) is 17.8 Å². The number of rotatable bonds is 6. The van der Waals surface area contributed by atoms with Crippen LogP contribution in [0.4, 0.5) is 4.79 Å². The first-order chi connectivity index (χ1) is 12.4. The molecule has 136 valence electrons. The van der Waals surface area contributed by atoms with Gasteiger partial charge in [-0.3, -0.25) is 9.59 Å². The van der Waals surface area contributed by atoms with E-state index in [1.807, 2.05) is 12.1 Å². The maximum absolute atomic E-state index is 11.8. The number of thioether (sulfide) groups is 1. The maximum Gasteiger partial charge on any atom is 0.303 e. The molecule has 0 spiro atoms. The molecule has 3 rings (SSSR count). The van der Waals surface area contributed by atoms with E-state index < -0.39 is 16.6 Å². The lowest BCUT2D eigenvalue weighted by atomic mass is 10.1. The van der Waals surface area contributed by atoms with Crippen molar-refractivity contribution in [3.8, 4) is 5.75 Å². The third-order valence-corrected chi connectivity index (χ3v) is 5.22. The topological polar surface area (TPSA) is 92.9 Å². The van der Waals surface area contributed by atoms with Crippen LogP contribution in [0.3, 0.4) is 0 Å². The van der Waals surface area contributed by atoms with E-state index in [1.54, 1.807) is 36.4 Å². The molecule has 0 saturated carbocycles. The van der Waals surface area contributed by atoms with Gasteiger partial charge in [0.1, 0.15) is 18.5 Å². The van der Waals surface area contributed by atoms with Crippen molar-refractivity contribution in [1.82, 2.24) is 5.01 Å². The molecule has 0 radical (unpaired) electrons. The lowest BCUT2D eigenvalue weighted by Crippen LogP contribution is -2.37. The van der Waals surface area contributed by atoms with Crippen molar-refractivity contribution < 1.29 is 19.4 Å². The van der Waals surface area contributed by atoms with Crippen LogP contribution >= 0.6 is 23.4 Å². The standard InChI is InChI=1S/C18H17ClN2O4S/c19-13-3-1-2-12(9-13)15(22)10-25-14-6-4-11(5-7-14)8-16-17(23)21(20)18(24)26-16/h1-7,9,15-16,22H,8,10,20H2/t15-,16?/m1/s1. The molecule has 1 unspecified atom stereocenters. The molecule has 2 atom stereocenters. The minimum Gasteiger partial charge on any atom is -0.491 e. The van der Waals surface area contributed by atoms with Crippen molar-refractivity contribution >= 4 is 34.5 Å². The zero-order valence-electron chi connectivity index (χ0n) is 13.7.